The summed E-state index contributed by atoms with van der Waals surface area (Å²) < 4.78 is 27.0. The monoisotopic (exact) mass is 385 g/mol. The van der Waals surface area contributed by atoms with E-state index in [0.717, 1.165) is 23.5 Å². The third-order valence-electron chi connectivity index (χ3n) is 3.13. The highest BCUT2D eigenvalue weighted by Gasteiger charge is 2.20. The van der Waals surface area contributed by atoms with E-state index in [1.807, 2.05) is 0 Å². The maximum atomic E-state index is 13.6. The van der Waals surface area contributed by atoms with Crippen LogP contribution < -0.4 is 0 Å². The van der Waals surface area contributed by atoms with Gasteiger partial charge in [-0.1, -0.05) is 23.2 Å². The fourth-order valence-corrected chi connectivity index (χ4v) is 3.45. The summed E-state index contributed by atoms with van der Waals surface area (Å²) in [4.78, 5) is 15.7. The molecule has 0 aliphatic heterocycles. The molecule has 0 bridgehead atoms. The summed E-state index contributed by atoms with van der Waals surface area (Å²) in [6.45, 7) is 0. The molecule has 24 heavy (non-hydrogen) atoms. The number of carbonyl (C=O) groups is 1. The van der Waals surface area contributed by atoms with Crippen molar-refractivity contribution in [1.29, 1.82) is 0 Å². The minimum atomic E-state index is -1.22. The van der Waals surface area contributed by atoms with Crippen molar-refractivity contribution in [1.82, 2.24) is 4.98 Å². The lowest BCUT2D eigenvalue weighted by molar-refractivity contribution is 0.0696. The number of nitrogens with zero attached hydrogens (tertiary/aromatic N) is 1. The normalized spacial score (nSPS) is 10.8. The highest BCUT2D eigenvalue weighted by Crippen LogP contribution is 2.39. The minimum absolute atomic E-state index is 0.124. The van der Waals surface area contributed by atoms with Crippen LogP contribution in [-0.2, 0) is 0 Å². The predicted octanol–water partition coefficient (Wildman–Crippen LogP) is 5.76. The zero-order chi connectivity index (χ0) is 17.4. The summed E-state index contributed by atoms with van der Waals surface area (Å²) in [5.41, 5.74) is 1.06. The Balaban J connectivity index is 2.24. The van der Waals surface area contributed by atoms with E-state index in [9.17, 15) is 18.7 Å². The second kappa shape index (κ2) is 6.47. The molecule has 0 unspecified atom stereocenters. The van der Waals surface area contributed by atoms with Crippen LogP contribution in [-0.4, -0.2) is 16.1 Å². The Hall–Kier alpha value is -2.02. The van der Waals surface area contributed by atoms with E-state index in [1.54, 1.807) is 0 Å². The lowest BCUT2D eigenvalue weighted by Gasteiger charge is -2.05. The van der Waals surface area contributed by atoms with E-state index in [0.29, 0.717) is 16.0 Å². The Morgan fingerprint density at radius 3 is 2.46 bits per heavy atom. The lowest BCUT2D eigenvalue weighted by Crippen LogP contribution is -1.94. The number of halogens is 4. The van der Waals surface area contributed by atoms with Crippen molar-refractivity contribution in [2.75, 3.05) is 0 Å². The molecule has 1 heterocycles. The zero-order valence-electron chi connectivity index (χ0n) is 11.7. The molecule has 0 fully saturated rings. The molecule has 2 aromatic carbocycles. The van der Waals surface area contributed by atoms with Crippen molar-refractivity contribution in [3.05, 3.63) is 63.1 Å². The van der Waals surface area contributed by atoms with Crippen LogP contribution in [0.2, 0.25) is 10.0 Å². The first-order chi connectivity index (χ1) is 11.3. The van der Waals surface area contributed by atoms with E-state index < -0.39 is 17.6 Å². The first kappa shape index (κ1) is 16.8. The molecule has 0 aliphatic carbocycles. The van der Waals surface area contributed by atoms with Crippen molar-refractivity contribution in [2.45, 2.75) is 0 Å². The Morgan fingerprint density at radius 1 is 1.08 bits per heavy atom. The quantitative estimate of drug-likeness (QED) is 0.623. The van der Waals surface area contributed by atoms with Gasteiger partial charge in [-0.2, -0.15) is 0 Å². The van der Waals surface area contributed by atoms with Gasteiger partial charge in [0.25, 0.3) is 0 Å². The molecule has 0 atom stereocenters. The second-order valence-corrected chi connectivity index (χ2v) is 6.63. The van der Waals surface area contributed by atoms with Gasteiger partial charge in [0.15, 0.2) is 0 Å². The molecule has 3 rings (SSSR count). The van der Waals surface area contributed by atoms with Gasteiger partial charge in [-0.3, -0.25) is 0 Å². The smallest absolute Gasteiger partial charge is 0.365 e. The van der Waals surface area contributed by atoms with E-state index in [4.69, 9.17) is 23.2 Å². The predicted molar refractivity (Wildman–Crippen MR) is 89.9 cm³/mol. The average molecular weight is 386 g/mol. The van der Waals surface area contributed by atoms with Gasteiger partial charge in [0.05, 0.1) is 15.6 Å². The first-order valence-electron chi connectivity index (χ1n) is 6.51. The Morgan fingerprint density at radius 2 is 1.83 bits per heavy atom. The molecule has 3 aromatic rings. The maximum Gasteiger partial charge on any atom is 0.365 e. The standard InChI is InChI=1S/C16H7Cl2F2NO2S/c17-9-3-8(4-10(19)6-9)14-13(21-15(24-14)16(22)23)7-1-2-12(20)11(18)5-7/h1-6H,(H,22,23). The van der Waals surface area contributed by atoms with Crippen molar-refractivity contribution in [2.24, 2.45) is 0 Å². The van der Waals surface area contributed by atoms with Crippen LogP contribution in [0.1, 0.15) is 9.80 Å². The fraction of sp³-hybridized carbons (Fsp3) is 0. The van der Waals surface area contributed by atoms with Gasteiger partial charge in [0.2, 0.25) is 5.01 Å². The van der Waals surface area contributed by atoms with Crippen LogP contribution in [0.4, 0.5) is 8.78 Å². The Bertz CT molecular complexity index is 939. The summed E-state index contributed by atoms with van der Waals surface area (Å²) in [5, 5.41) is 9.05. The largest absolute Gasteiger partial charge is 0.476 e. The lowest BCUT2D eigenvalue weighted by atomic mass is 10.1. The van der Waals surface area contributed by atoms with Gasteiger partial charge in [-0.15, -0.1) is 11.3 Å². The molecule has 3 nitrogen and oxygen atoms in total. The number of carboxylic acid groups (broad SMARTS) is 1. The number of aromatic carboxylic acids is 1. The molecule has 1 aromatic heterocycles. The van der Waals surface area contributed by atoms with Crippen molar-refractivity contribution < 1.29 is 18.7 Å². The van der Waals surface area contributed by atoms with Crippen LogP contribution in [0.5, 0.6) is 0 Å². The van der Waals surface area contributed by atoms with Crippen molar-refractivity contribution in [3.63, 3.8) is 0 Å². The second-order valence-electron chi connectivity index (χ2n) is 4.79. The molecular formula is C16H7Cl2F2NO2S. The summed E-state index contributed by atoms with van der Waals surface area (Å²) in [6, 6.07) is 7.77. The van der Waals surface area contributed by atoms with Gasteiger partial charge in [-0.25, -0.2) is 18.6 Å². The van der Waals surface area contributed by atoms with E-state index in [2.05, 4.69) is 4.98 Å². The van der Waals surface area contributed by atoms with Gasteiger partial charge < -0.3 is 5.11 Å². The molecule has 1 N–H and O–H groups in total. The Labute approximate surface area is 149 Å². The molecule has 0 saturated carbocycles. The molecule has 0 radical (unpaired) electrons. The van der Waals surface area contributed by atoms with Crippen LogP contribution in [0.3, 0.4) is 0 Å². The average Bonchev–Trinajstić information content (AvgIpc) is 2.94. The van der Waals surface area contributed by atoms with Crippen LogP contribution in [0, 0.1) is 11.6 Å². The maximum absolute atomic E-state index is 13.6. The SMILES string of the molecule is O=C(O)c1nc(-c2ccc(F)c(Cl)c2)c(-c2cc(F)cc(Cl)c2)s1. The van der Waals surface area contributed by atoms with Crippen molar-refractivity contribution in [3.8, 4) is 21.7 Å². The molecule has 0 amide bonds. The number of rotatable bonds is 3. The molecular weight excluding hydrogens is 379 g/mol. The van der Waals surface area contributed by atoms with Gasteiger partial charge in [0.1, 0.15) is 11.6 Å². The summed E-state index contributed by atoms with van der Waals surface area (Å²) in [7, 11) is 0. The van der Waals surface area contributed by atoms with Crippen LogP contribution in [0.15, 0.2) is 36.4 Å². The minimum Gasteiger partial charge on any atom is -0.476 e. The topological polar surface area (TPSA) is 50.2 Å². The number of thiazole rings is 1. The van der Waals surface area contributed by atoms with Crippen molar-refractivity contribution >= 4 is 40.5 Å². The number of hydrogen-bond donors (Lipinski definition) is 1. The van der Waals surface area contributed by atoms with Crippen LogP contribution in [0.25, 0.3) is 21.7 Å². The molecule has 8 heteroatoms. The summed E-state index contributed by atoms with van der Waals surface area (Å²) >= 11 is 12.5. The highest BCUT2D eigenvalue weighted by molar-refractivity contribution is 7.17. The molecule has 0 spiro atoms. The van der Waals surface area contributed by atoms with E-state index >= 15 is 0 Å². The third-order valence-corrected chi connectivity index (χ3v) is 4.73. The fourth-order valence-electron chi connectivity index (χ4n) is 2.13. The zero-order valence-corrected chi connectivity index (χ0v) is 14.0. The number of benzene rings is 2. The van der Waals surface area contributed by atoms with Gasteiger partial charge in [0, 0.05) is 10.6 Å². The molecule has 0 aliphatic rings. The Kier molecular flexibility index (Phi) is 4.54. The molecule has 122 valence electrons. The number of aromatic nitrogens is 1. The van der Waals surface area contributed by atoms with Gasteiger partial charge in [-0.05, 0) is 42.0 Å². The highest BCUT2D eigenvalue weighted by atomic mass is 35.5. The number of hydrogen-bond acceptors (Lipinski definition) is 3. The third kappa shape index (κ3) is 3.26. The van der Waals surface area contributed by atoms with Gasteiger partial charge >= 0.3 is 5.97 Å². The van der Waals surface area contributed by atoms with Crippen LogP contribution >= 0.6 is 34.5 Å². The summed E-state index contributed by atoms with van der Waals surface area (Å²) in [5.74, 6) is -2.39. The van der Waals surface area contributed by atoms with E-state index in [-0.39, 0.29) is 20.7 Å². The number of carboxylic acids is 1. The van der Waals surface area contributed by atoms with E-state index in [1.165, 1.54) is 24.3 Å². The summed E-state index contributed by atoms with van der Waals surface area (Å²) in [6.07, 6.45) is 0. The first-order valence-corrected chi connectivity index (χ1v) is 8.08. The molecule has 0 saturated heterocycles.